The fourth-order valence-electron chi connectivity index (χ4n) is 6.92. The molecule has 8 bridgehead atoms. The van der Waals surface area contributed by atoms with Gasteiger partial charge >= 0.3 is 0 Å². The number of rotatable bonds is 10. The lowest BCUT2D eigenvalue weighted by Crippen LogP contribution is -2.31. The van der Waals surface area contributed by atoms with E-state index in [4.69, 9.17) is 15.0 Å². The Morgan fingerprint density at radius 2 is 1.14 bits per heavy atom. The van der Waals surface area contributed by atoms with E-state index in [0.29, 0.717) is 58.4 Å². The highest BCUT2D eigenvalue weighted by Gasteiger charge is 2.29. The van der Waals surface area contributed by atoms with Gasteiger partial charge < -0.3 is 40.9 Å². The zero-order valence-corrected chi connectivity index (χ0v) is 46.1. The molecule has 0 radical (unpaired) electrons. The first kappa shape index (κ1) is 55.1. The van der Waals surface area contributed by atoms with Crippen molar-refractivity contribution >= 4 is 115 Å². The molecule has 8 rings (SSSR count). The molecule has 28 heteroatoms. The second-order valence-corrected chi connectivity index (χ2v) is 22.1. The van der Waals surface area contributed by atoms with Gasteiger partial charge in [0.15, 0.2) is 11.8 Å². The molecule has 1 aliphatic rings. The molecule has 0 amide bonds. The van der Waals surface area contributed by atoms with Crippen LogP contribution < -0.4 is 0 Å². The third-order valence-electron chi connectivity index (χ3n) is 10.8. The van der Waals surface area contributed by atoms with Gasteiger partial charge in [0.25, 0.3) is 0 Å². The molecule has 8 N–H and O–H groups in total. The third-order valence-corrected chi connectivity index (χ3v) is 16.1. The Morgan fingerprint density at radius 3 is 1.79 bits per heavy atom. The molecule has 0 fully saturated rings. The number of thiazole rings is 6. The second-order valence-electron chi connectivity index (χ2n) is 16.9. The monoisotopic (exact) mass is 1140 g/mol. The van der Waals surface area contributed by atoms with Crippen LogP contribution in [0.3, 0.4) is 0 Å². The van der Waals surface area contributed by atoms with Crippen molar-refractivity contribution < 1.29 is 45.6 Å². The molecule has 0 saturated heterocycles. The van der Waals surface area contributed by atoms with Gasteiger partial charge in [0.2, 0.25) is 35.4 Å². The summed E-state index contributed by atoms with van der Waals surface area (Å²) in [6, 6.07) is 0.308. The molecular weight excluding hydrogens is 1100 g/mol. The van der Waals surface area contributed by atoms with E-state index in [9.17, 15) is 45.6 Å². The average molecular weight is 1140 g/mol. The number of aliphatic imine (C=N–C) groups is 6. The van der Waals surface area contributed by atoms with Crippen molar-refractivity contribution in [3.05, 3.63) is 100 Å². The molecule has 0 saturated carbocycles. The van der Waals surface area contributed by atoms with Crippen molar-refractivity contribution in [3.63, 3.8) is 0 Å². The summed E-state index contributed by atoms with van der Waals surface area (Å²) in [6.45, 7) is 11.0. The molecule has 76 heavy (non-hydrogen) atoms. The predicted octanol–water partition coefficient (Wildman–Crippen LogP) is 9.76. The SMILES string of the molecule is CC=C(N=C(O)c1csc(-c2csc(-c3ccc4c(n3)-c3csc(n3)C(C(C)O)N=C(O)c3csc(n3)C(C(C)C)N=C(O)c3csc(n3)C(=CC)N=C(O)C(C(C)O)N=C(O)c3csc-4n3)n2)n1)C(O)=NCC(C)=O. The molecule has 5 unspecified atom stereocenters. The molecule has 0 aromatic carbocycles. The van der Waals surface area contributed by atoms with Gasteiger partial charge in [-0.2, -0.15) is 0 Å². The molecule has 394 valence electrons. The summed E-state index contributed by atoms with van der Waals surface area (Å²) in [4.78, 5) is 70.0. The fraction of sp³-hybridized carbons (Fsp3) is 0.292. The number of fused-ring (bicyclic) bond motifs is 11. The van der Waals surface area contributed by atoms with Crippen LogP contribution in [0.5, 0.6) is 0 Å². The minimum atomic E-state index is -1.44. The van der Waals surface area contributed by atoms with E-state index in [1.807, 2.05) is 13.8 Å². The first-order valence-electron chi connectivity index (χ1n) is 22.9. The predicted molar refractivity (Wildman–Crippen MR) is 300 cm³/mol. The number of aliphatic hydroxyl groups excluding tert-OH is 8. The van der Waals surface area contributed by atoms with Crippen LogP contribution in [0.25, 0.3) is 49.1 Å². The summed E-state index contributed by atoms with van der Waals surface area (Å²) < 4.78 is 0. The van der Waals surface area contributed by atoms with Crippen molar-refractivity contribution in [1.82, 2.24) is 34.9 Å². The topological polar surface area (TPSA) is 343 Å². The smallest absolute Gasteiger partial charge is 0.239 e. The van der Waals surface area contributed by atoms with E-state index < -0.39 is 59.8 Å². The number of ketones is 1. The Morgan fingerprint density at radius 1 is 0.618 bits per heavy atom. The van der Waals surface area contributed by atoms with Crippen LogP contribution in [0.2, 0.25) is 0 Å². The van der Waals surface area contributed by atoms with E-state index >= 15 is 0 Å². The lowest BCUT2D eigenvalue weighted by atomic mass is 10.1. The van der Waals surface area contributed by atoms with Gasteiger partial charge in [-0.3, -0.25) is 4.79 Å². The summed E-state index contributed by atoms with van der Waals surface area (Å²) >= 11 is 7.09. The first-order valence-corrected chi connectivity index (χ1v) is 28.1. The number of nitrogens with zero attached hydrogens (tertiary/aromatic N) is 13. The van der Waals surface area contributed by atoms with Crippen molar-refractivity contribution in [2.24, 2.45) is 35.9 Å². The Balaban J connectivity index is 1.21. The van der Waals surface area contributed by atoms with Crippen LogP contribution in [0, 0.1) is 5.92 Å². The van der Waals surface area contributed by atoms with Crippen LogP contribution in [0.15, 0.2) is 92.2 Å². The van der Waals surface area contributed by atoms with Crippen molar-refractivity contribution in [2.45, 2.75) is 78.8 Å². The Kier molecular flexibility index (Phi) is 17.2. The summed E-state index contributed by atoms with van der Waals surface area (Å²) in [7, 11) is 0. The average Bonchev–Trinajstić information content (AvgIpc) is 4.26. The van der Waals surface area contributed by atoms with Crippen LogP contribution >= 0.6 is 68.0 Å². The van der Waals surface area contributed by atoms with E-state index in [-0.39, 0.29) is 58.3 Å². The molecule has 8 heterocycles. The zero-order chi connectivity index (χ0) is 54.5. The summed E-state index contributed by atoms with van der Waals surface area (Å²) in [5.41, 5.74) is 2.52. The third kappa shape index (κ3) is 12.4. The standard InChI is InChI=1S/C48H47N13O9S6/c1-8-24(37(65)49-12-20(5)62)51-38(66)28-15-73-46(56-28)32-18-74-45(58-32)26-11-10-23-36(50-26)27-13-75-48(53-27)35(22(7)64)61-41(69)31-17-76-47(57-31)33(19(3)4)59-39(67)30-16-72-44(55-30)25(9-2)52-42(70)34(21(6)63)60-40(68)29-14-71-43(23)54-29/h8-11,13-19,21-22,33-35,63-64H,12H2,1-7H3,(H,49,65)(H,51,66)(H,52,70)(H,59,67)(H,60,68)(H,61,69). The Bertz CT molecular complexity index is 3540. The van der Waals surface area contributed by atoms with E-state index in [0.717, 1.165) is 22.7 Å². The molecular formula is C48H47N13O9S6. The molecule has 22 nitrogen and oxygen atoms in total. The van der Waals surface area contributed by atoms with Crippen LogP contribution in [0.4, 0.5) is 0 Å². The highest BCUT2D eigenvalue weighted by molar-refractivity contribution is 7.15. The quantitative estimate of drug-likeness (QED) is 0.0466. The number of hydrogen-bond acceptors (Lipinski definition) is 22. The zero-order valence-electron chi connectivity index (χ0n) is 41.2. The maximum atomic E-state index is 11.4. The molecule has 7 aromatic heterocycles. The number of aromatic nitrogens is 7. The Hall–Kier alpha value is -7.18. The minimum absolute atomic E-state index is 0.00617. The van der Waals surface area contributed by atoms with Crippen molar-refractivity contribution in [2.75, 3.05) is 6.54 Å². The number of aliphatic hydroxyl groups is 8. The number of allylic oxidation sites excluding steroid dienone is 2. The minimum Gasteiger partial charge on any atom is -0.495 e. The highest BCUT2D eigenvalue weighted by atomic mass is 32.1. The first-order chi connectivity index (χ1) is 36.3. The van der Waals surface area contributed by atoms with Crippen LogP contribution in [-0.4, -0.2) is 142 Å². The number of hydrogen-bond donors (Lipinski definition) is 8. The largest absolute Gasteiger partial charge is 0.495 e. The van der Waals surface area contributed by atoms with Crippen molar-refractivity contribution in [1.29, 1.82) is 0 Å². The van der Waals surface area contributed by atoms with Gasteiger partial charge in [-0.05, 0) is 52.7 Å². The summed E-state index contributed by atoms with van der Waals surface area (Å²) in [5.74, 6) is -3.54. The van der Waals surface area contributed by atoms with E-state index in [1.165, 1.54) is 77.6 Å². The maximum absolute atomic E-state index is 11.4. The second kappa shape index (κ2) is 23.8. The number of Topliss-reactive ketones (excluding diaryl/α,β-unsaturated/α-hetero) is 1. The van der Waals surface area contributed by atoms with Gasteiger partial charge in [-0.15, -0.1) is 68.0 Å². The summed E-state index contributed by atoms with van der Waals surface area (Å²) in [5, 5.41) is 101. The summed E-state index contributed by atoms with van der Waals surface area (Å²) in [6.07, 6.45) is 0.522. The van der Waals surface area contributed by atoms with Crippen LogP contribution in [0.1, 0.15) is 98.3 Å². The molecule has 0 spiro atoms. The Labute approximate surface area is 457 Å². The molecule has 1 aliphatic heterocycles. The highest BCUT2D eigenvalue weighted by Crippen LogP contribution is 2.39. The molecule has 0 aliphatic carbocycles. The molecule has 7 aromatic rings. The maximum Gasteiger partial charge on any atom is 0.239 e. The lowest BCUT2D eigenvalue weighted by Gasteiger charge is -2.14. The number of carbonyl (C=O) groups excluding carboxylic acids is 1. The number of carbonyl (C=O) groups is 1. The fourth-order valence-corrected chi connectivity index (χ4v) is 12.1. The van der Waals surface area contributed by atoms with Gasteiger partial charge in [0.1, 0.15) is 94.2 Å². The van der Waals surface area contributed by atoms with Gasteiger partial charge in [0.05, 0.1) is 23.6 Å². The van der Waals surface area contributed by atoms with Crippen LogP contribution in [-0.2, 0) is 4.79 Å². The lowest BCUT2D eigenvalue weighted by molar-refractivity contribution is -0.115. The van der Waals surface area contributed by atoms with Gasteiger partial charge in [-0.25, -0.2) is 64.8 Å². The molecule has 5 atom stereocenters. The van der Waals surface area contributed by atoms with E-state index in [1.54, 1.807) is 59.0 Å². The van der Waals surface area contributed by atoms with Gasteiger partial charge in [0, 0.05) is 37.8 Å². The van der Waals surface area contributed by atoms with E-state index in [2.05, 4.69) is 49.9 Å². The number of pyridine rings is 1. The van der Waals surface area contributed by atoms with Crippen molar-refractivity contribution in [3.8, 4) is 43.4 Å². The van der Waals surface area contributed by atoms with Gasteiger partial charge in [-0.1, -0.05) is 26.0 Å². The normalized spacial score (nSPS) is 18.7.